The summed E-state index contributed by atoms with van der Waals surface area (Å²) in [6, 6.07) is 5.61. The molecule has 18 heavy (non-hydrogen) atoms. The Bertz CT molecular complexity index is 522. The van der Waals surface area contributed by atoms with Crippen LogP contribution >= 0.6 is 0 Å². The third-order valence-corrected chi connectivity index (χ3v) is 4.03. The highest BCUT2D eigenvalue weighted by atomic mass is 32.2. The van der Waals surface area contributed by atoms with E-state index in [-0.39, 0.29) is 12.4 Å². The molecule has 1 atom stereocenters. The first-order chi connectivity index (χ1) is 8.46. The van der Waals surface area contributed by atoms with Gasteiger partial charge in [0.15, 0.2) is 9.84 Å². The van der Waals surface area contributed by atoms with Crippen LogP contribution in [0.5, 0.6) is 5.75 Å². The summed E-state index contributed by atoms with van der Waals surface area (Å²) in [7, 11) is -3.00. The minimum absolute atomic E-state index is 0.00659. The molecule has 0 aliphatic heterocycles. The van der Waals surface area contributed by atoms with Gasteiger partial charge in [0.2, 0.25) is 0 Å². The molecule has 0 heterocycles. The van der Waals surface area contributed by atoms with Gasteiger partial charge in [-0.05, 0) is 42.5 Å². The van der Waals surface area contributed by atoms with Crippen LogP contribution in [-0.2, 0) is 16.3 Å². The Balaban J connectivity index is 2.04. The summed E-state index contributed by atoms with van der Waals surface area (Å²) < 4.78 is 27.4. The molecule has 0 saturated heterocycles. The molecule has 1 aromatic rings. The number of hydrogen-bond donors (Lipinski definition) is 1. The van der Waals surface area contributed by atoms with E-state index < -0.39 is 15.9 Å². The van der Waals surface area contributed by atoms with Gasteiger partial charge in [0, 0.05) is 6.26 Å². The largest absolute Gasteiger partial charge is 0.493 e. The van der Waals surface area contributed by atoms with Crippen LogP contribution in [0.4, 0.5) is 0 Å². The van der Waals surface area contributed by atoms with Gasteiger partial charge in [0.1, 0.15) is 12.4 Å². The fourth-order valence-electron chi connectivity index (χ4n) is 2.15. The Morgan fingerprint density at radius 1 is 1.44 bits per heavy atom. The molecule has 0 radical (unpaired) electrons. The van der Waals surface area contributed by atoms with Gasteiger partial charge in [-0.2, -0.15) is 0 Å². The SMILES string of the molecule is CS(=O)(=O)CCOc1ccc2c(c1)[C@@H](O)CCC2. The zero-order chi connectivity index (χ0) is 13.2. The van der Waals surface area contributed by atoms with Crippen molar-refractivity contribution in [3.63, 3.8) is 0 Å². The van der Waals surface area contributed by atoms with Crippen LogP contribution in [0.2, 0.25) is 0 Å². The molecule has 0 spiro atoms. The standard InChI is InChI=1S/C13H18O4S/c1-18(15,16)8-7-17-11-6-5-10-3-2-4-13(14)12(10)9-11/h5-6,9,13-14H,2-4,7-8H2,1H3/t13-/m0/s1. The summed E-state index contributed by atoms with van der Waals surface area (Å²) >= 11 is 0. The maximum Gasteiger partial charge on any atom is 0.150 e. The van der Waals surface area contributed by atoms with Crippen LogP contribution in [0.1, 0.15) is 30.1 Å². The van der Waals surface area contributed by atoms with Gasteiger partial charge in [-0.25, -0.2) is 8.42 Å². The van der Waals surface area contributed by atoms with Crippen LogP contribution in [0, 0.1) is 0 Å². The van der Waals surface area contributed by atoms with Gasteiger partial charge in [-0.1, -0.05) is 6.07 Å². The summed E-state index contributed by atoms with van der Waals surface area (Å²) in [6.07, 6.45) is 3.53. The summed E-state index contributed by atoms with van der Waals surface area (Å²) in [4.78, 5) is 0. The second-order valence-corrected chi connectivity index (χ2v) is 7.01. The lowest BCUT2D eigenvalue weighted by Gasteiger charge is -2.21. The quantitative estimate of drug-likeness (QED) is 0.900. The minimum atomic E-state index is -3.00. The fourth-order valence-corrected chi connectivity index (χ4v) is 2.54. The van der Waals surface area contributed by atoms with E-state index in [4.69, 9.17) is 4.74 Å². The van der Waals surface area contributed by atoms with Crippen LogP contribution in [-0.4, -0.2) is 32.1 Å². The Kier molecular flexibility index (Phi) is 3.92. The van der Waals surface area contributed by atoms with Gasteiger partial charge < -0.3 is 9.84 Å². The van der Waals surface area contributed by atoms with E-state index in [0.717, 1.165) is 30.4 Å². The van der Waals surface area contributed by atoms with Crippen molar-refractivity contribution < 1.29 is 18.3 Å². The normalized spacial score (nSPS) is 19.3. The average Bonchev–Trinajstić information content (AvgIpc) is 2.28. The molecule has 4 nitrogen and oxygen atoms in total. The lowest BCUT2D eigenvalue weighted by atomic mass is 9.89. The second-order valence-electron chi connectivity index (χ2n) is 4.75. The molecule has 1 aromatic carbocycles. The highest BCUT2D eigenvalue weighted by molar-refractivity contribution is 7.90. The molecule has 1 N–H and O–H groups in total. The number of aryl methyl sites for hydroxylation is 1. The summed E-state index contributed by atoms with van der Waals surface area (Å²) in [5, 5.41) is 9.89. The van der Waals surface area contributed by atoms with E-state index in [9.17, 15) is 13.5 Å². The lowest BCUT2D eigenvalue weighted by molar-refractivity contribution is 0.156. The van der Waals surface area contributed by atoms with Gasteiger partial charge in [0.25, 0.3) is 0 Å². The molecule has 0 amide bonds. The topological polar surface area (TPSA) is 63.6 Å². The number of benzene rings is 1. The number of aliphatic hydroxyl groups excluding tert-OH is 1. The Labute approximate surface area is 108 Å². The molecule has 100 valence electrons. The molecule has 0 bridgehead atoms. The Morgan fingerprint density at radius 2 is 2.22 bits per heavy atom. The van der Waals surface area contributed by atoms with Crippen molar-refractivity contribution in [1.29, 1.82) is 0 Å². The molecule has 0 saturated carbocycles. The van der Waals surface area contributed by atoms with Crippen molar-refractivity contribution in [3.05, 3.63) is 29.3 Å². The highest BCUT2D eigenvalue weighted by Gasteiger charge is 2.18. The molecule has 1 aliphatic rings. The molecule has 2 rings (SSSR count). The lowest BCUT2D eigenvalue weighted by Crippen LogP contribution is -2.13. The smallest absolute Gasteiger partial charge is 0.150 e. The summed E-state index contributed by atoms with van der Waals surface area (Å²) in [5.41, 5.74) is 2.07. The van der Waals surface area contributed by atoms with Gasteiger partial charge in [0.05, 0.1) is 11.9 Å². The highest BCUT2D eigenvalue weighted by Crippen LogP contribution is 2.32. The first-order valence-electron chi connectivity index (χ1n) is 6.07. The van der Waals surface area contributed by atoms with Crippen LogP contribution in [0.3, 0.4) is 0 Å². The average molecular weight is 270 g/mol. The number of sulfone groups is 1. The van der Waals surface area contributed by atoms with Gasteiger partial charge in [-0.15, -0.1) is 0 Å². The van der Waals surface area contributed by atoms with E-state index in [2.05, 4.69) is 0 Å². The number of fused-ring (bicyclic) bond motifs is 1. The zero-order valence-electron chi connectivity index (χ0n) is 10.4. The van der Waals surface area contributed by atoms with E-state index in [0.29, 0.717) is 5.75 Å². The molecule has 0 fully saturated rings. The van der Waals surface area contributed by atoms with E-state index >= 15 is 0 Å². The summed E-state index contributed by atoms with van der Waals surface area (Å²) in [6.45, 7) is 0.147. The van der Waals surface area contributed by atoms with E-state index in [1.54, 1.807) is 0 Å². The maximum atomic E-state index is 11.0. The number of ether oxygens (including phenoxy) is 1. The van der Waals surface area contributed by atoms with Crippen LogP contribution in [0.25, 0.3) is 0 Å². The number of rotatable bonds is 4. The van der Waals surface area contributed by atoms with Crippen molar-refractivity contribution in [2.24, 2.45) is 0 Å². The van der Waals surface area contributed by atoms with Crippen molar-refractivity contribution in [2.75, 3.05) is 18.6 Å². The first-order valence-corrected chi connectivity index (χ1v) is 8.13. The molecule has 1 aliphatic carbocycles. The molecular formula is C13H18O4S. The minimum Gasteiger partial charge on any atom is -0.493 e. The predicted octanol–water partition coefficient (Wildman–Crippen LogP) is 1.48. The van der Waals surface area contributed by atoms with Gasteiger partial charge in [-0.3, -0.25) is 0 Å². The number of aliphatic hydroxyl groups is 1. The van der Waals surface area contributed by atoms with Crippen molar-refractivity contribution in [3.8, 4) is 5.75 Å². The van der Waals surface area contributed by atoms with Gasteiger partial charge >= 0.3 is 0 Å². The monoisotopic (exact) mass is 270 g/mol. The van der Waals surface area contributed by atoms with E-state index in [1.165, 1.54) is 6.26 Å². The van der Waals surface area contributed by atoms with Crippen LogP contribution in [0.15, 0.2) is 18.2 Å². The third-order valence-electron chi connectivity index (χ3n) is 3.12. The Hall–Kier alpha value is -1.07. The Morgan fingerprint density at radius 3 is 2.94 bits per heavy atom. The van der Waals surface area contributed by atoms with Crippen molar-refractivity contribution in [2.45, 2.75) is 25.4 Å². The number of hydrogen-bond acceptors (Lipinski definition) is 4. The fraction of sp³-hybridized carbons (Fsp3) is 0.538. The first kappa shape index (κ1) is 13.4. The van der Waals surface area contributed by atoms with Crippen molar-refractivity contribution >= 4 is 9.84 Å². The summed E-state index contributed by atoms with van der Waals surface area (Å²) in [5.74, 6) is 0.630. The van der Waals surface area contributed by atoms with Crippen molar-refractivity contribution in [1.82, 2.24) is 0 Å². The van der Waals surface area contributed by atoms with E-state index in [1.807, 2.05) is 18.2 Å². The predicted molar refractivity (Wildman–Crippen MR) is 69.5 cm³/mol. The molecular weight excluding hydrogens is 252 g/mol. The molecule has 0 unspecified atom stereocenters. The molecule has 0 aromatic heterocycles. The second kappa shape index (κ2) is 5.28. The van der Waals surface area contributed by atoms with Crippen LogP contribution < -0.4 is 4.74 Å². The molecule has 5 heteroatoms. The maximum absolute atomic E-state index is 11.0. The zero-order valence-corrected chi connectivity index (χ0v) is 11.2. The third kappa shape index (κ3) is 3.46.